The van der Waals surface area contributed by atoms with Crippen LogP contribution in [-0.2, 0) is 4.79 Å². The van der Waals surface area contributed by atoms with Crippen molar-refractivity contribution in [2.75, 3.05) is 36.4 Å². The van der Waals surface area contributed by atoms with Crippen LogP contribution in [0.25, 0.3) is 28.4 Å². The summed E-state index contributed by atoms with van der Waals surface area (Å²) < 4.78 is 11.6. The highest BCUT2D eigenvalue weighted by Crippen LogP contribution is 2.34. The second kappa shape index (κ2) is 11.6. The Morgan fingerprint density at radius 1 is 0.829 bits per heavy atom. The zero-order chi connectivity index (χ0) is 28.3. The number of piperazine rings is 1. The lowest BCUT2D eigenvalue weighted by Crippen LogP contribution is -2.48. The van der Waals surface area contributed by atoms with Gasteiger partial charge >= 0.3 is 0 Å². The Balaban J connectivity index is 1.01. The Morgan fingerprint density at radius 3 is 2.39 bits per heavy atom. The van der Waals surface area contributed by atoms with Crippen LogP contribution in [0, 0.1) is 0 Å². The summed E-state index contributed by atoms with van der Waals surface area (Å²) in [5, 5.41) is 4.64. The van der Waals surface area contributed by atoms with Crippen molar-refractivity contribution in [1.29, 1.82) is 0 Å². The number of carbonyl (C=O) groups is 2. The van der Waals surface area contributed by atoms with Crippen molar-refractivity contribution >= 4 is 63.4 Å². The predicted molar refractivity (Wildman–Crippen MR) is 163 cm³/mol. The summed E-state index contributed by atoms with van der Waals surface area (Å²) in [6.45, 7) is 2.59. The van der Waals surface area contributed by atoms with Crippen molar-refractivity contribution in [3.05, 3.63) is 113 Å². The van der Waals surface area contributed by atoms with Crippen LogP contribution in [0.3, 0.4) is 0 Å². The molecule has 7 nitrogen and oxygen atoms in total. The van der Waals surface area contributed by atoms with Crippen molar-refractivity contribution in [1.82, 2.24) is 4.90 Å². The summed E-state index contributed by atoms with van der Waals surface area (Å²) in [4.78, 5) is 29.5. The molecule has 0 spiro atoms. The van der Waals surface area contributed by atoms with Gasteiger partial charge in [0, 0.05) is 54.6 Å². The summed E-state index contributed by atoms with van der Waals surface area (Å²) in [7, 11) is 0. The minimum Gasteiger partial charge on any atom is -0.457 e. The number of benzene rings is 3. The van der Waals surface area contributed by atoms with E-state index in [-0.39, 0.29) is 11.8 Å². The molecule has 2 amide bonds. The molecule has 6 rings (SSSR count). The van der Waals surface area contributed by atoms with Gasteiger partial charge in [0.2, 0.25) is 5.91 Å². The molecule has 0 bridgehead atoms. The maximum atomic E-state index is 12.9. The molecule has 2 aromatic heterocycles. The minimum absolute atomic E-state index is 0.0917. The SMILES string of the molecule is O=C(/C=C/c1ccc(-c2cccc(Cl)c2Cl)o1)Nc1ccc(N2CCN(C(=O)c3cc4ccccc4o3)CC2)cc1. The van der Waals surface area contributed by atoms with Crippen LogP contribution in [0.1, 0.15) is 16.3 Å². The van der Waals surface area contributed by atoms with Gasteiger partial charge in [0.1, 0.15) is 17.1 Å². The van der Waals surface area contributed by atoms with Gasteiger partial charge in [-0.2, -0.15) is 0 Å². The molecule has 206 valence electrons. The Hall–Kier alpha value is -4.46. The van der Waals surface area contributed by atoms with Crippen LogP contribution in [-0.4, -0.2) is 42.9 Å². The Kier molecular flexibility index (Phi) is 7.55. The molecule has 9 heteroatoms. The molecule has 0 radical (unpaired) electrons. The second-order valence-electron chi connectivity index (χ2n) is 9.60. The smallest absolute Gasteiger partial charge is 0.289 e. The van der Waals surface area contributed by atoms with Crippen LogP contribution in [0.4, 0.5) is 11.4 Å². The highest BCUT2D eigenvalue weighted by atomic mass is 35.5. The van der Waals surface area contributed by atoms with Gasteiger partial charge in [-0.1, -0.05) is 47.5 Å². The summed E-state index contributed by atoms with van der Waals surface area (Å²) in [6, 6.07) is 25.9. The maximum absolute atomic E-state index is 12.9. The Morgan fingerprint density at radius 2 is 1.61 bits per heavy atom. The molecule has 1 saturated heterocycles. The van der Waals surface area contributed by atoms with Crippen LogP contribution in [0.2, 0.25) is 10.0 Å². The molecule has 41 heavy (non-hydrogen) atoms. The highest BCUT2D eigenvalue weighted by Gasteiger charge is 2.24. The average Bonchev–Trinajstić information content (AvgIpc) is 3.65. The zero-order valence-electron chi connectivity index (χ0n) is 21.8. The van der Waals surface area contributed by atoms with Crippen molar-refractivity contribution in [3.63, 3.8) is 0 Å². The molecular weight excluding hydrogens is 561 g/mol. The van der Waals surface area contributed by atoms with Crippen LogP contribution in [0.5, 0.6) is 0 Å². The number of amides is 2. The van der Waals surface area contributed by atoms with Gasteiger partial charge in [-0.3, -0.25) is 9.59 Å². The number of halogens is 2. The molecule has 0 unspecified atom stereocenters. The number of furan rings is 2. The number of fused-ring (bicyclic) bond motifs is 1. The average molecular weight is 586 g/mol. The lowest BCUT2D eigenvalue weighted by Gasteiger charge is -2.35. The molecule has 1 N–H and O–H groups in total. The van der Waals surface area contributed by atoms with Crippen molar-refractivity contribution in [3.8, 4) is 11.3 Å². The highest BCUT2D eigenvalue weighted by molar-refractivity contribution is 6.43. The molecule has 0 atom stereocenters. The number of para-hydroxylation sites is 1. The quantitative estimate of drug-likeness (QED) is 0.207. The van der Waals surface area contributed by atoms with Gasteiger partial charge < -0.3 is 24.0 Å². The first-order chi connectivity index (χ1) is 19.9. The largest absolute Gasteiger partial charge is 0.457 e. The van der Waals surface area contributed by atoms with Crippen molar-refractivity contribution < 1.29 is 18.4 Å². The summed E-state index contributed by atoms with van der Waals surface area (Å²) in [6.07, 6.45) is 3.01. The predicted octanol–water partition coefficient (Wildman–Crippen LogP) is 7.61. The molecule has 0 aliphatic carbocycles. The van der Waals surface area contributed by atoms with E-state index in [1.54, 1.807) is 36.4 Å². The van der Waals surface area contributed by atoms with E-state index >= 15 is 0 Å². The fourth-order valence-corrected chi connectivity index (χ4v) is 5.18. The Labute approximate surface area is 246 Å². The van der Waals surface area contributed by atoms with Gasteiger partial charge in [0.05, 0.1) is 10.0 Å². The fourth-order valence-electron chi connectivity index (χ4n) is 4.79. The van der Waals surface area contributed by atoms with Crippen molar-refractivity contribution in [2.24, 2.45) is 0 Å². The lowest BCUT2D eigenvalue weighted by atomic mass is 10.2. The fraction of sp³-hybridized carbons (Fsp3) is 0.125. The number of carbonyl (C=O) groups excluding carboxylic acids is 2. The van der Waals surface area contributed by atoms with Gasteiger partial charge in [0.15, 0.2) is 5.76 Å². The first-order valence-electron chi connectivity index (χ1n) is 13.1. The second-order valence-corrected chi connectivity index (χ2v) is 10.4. The van der Waals surface area contributed by atoms with Crippen LogP contribution < -0.4 is 10.2 Å². The third-order valence-corrected chi connectivity index (χ3v) is 7.76. The number of nitrogens with one attached hydrogen (secondary N) is 1. The van der Waals surface area contributed by atoms with E-state index in [0.717, 1.165) is 11.1 Å². The molecule has 3 aromatic carbocycles. The van der Waals surface area contributed by atoms with Gasteiger partial charge in [0.25, 0.3) is 5.91 Å². The first kappa shape index (κ1) is 26.7. The maximum Gasteiger partial charge on any atom is 0.289 e. The number of nitrogens with zero attached hydrogens (tertiary/aromatic N) is 2. The summed E-state index contributed by atoms with van der Waals surface area (Å²) in [5.74, 6) is 1.07. The molecule has 1 aliphatic rings. The van der Waals surface area contributed by atoms with E-state index in [9.17, 15) is 9.59 Å². The standard InChI is InChI=1S/C32H25Cl2N3O4/c33-26-6-3-5-25(31(26)34)28-14-12-24(40-28)13-15-30(38)35-22-8-10-23(11-9-22)36-16-18-37(19-17-36)32(39)29-20-21-4-1-2-7-27(21)41-29/h1-15,20H,16-19H2,(H,35,38)/b15-13+. The minimum atomic E-state index is -0.283. The van der Waals surface area contributed by atoms with Crippen LogP contribution in [0.15, 0.2) is 99.8 Å². The molecule has 1 fully saturated rings. The number of rotatable bonds is 6. The van der Waals surface area contributed by atoms with Gasteiger partial charge in [-0.25, -0.2) is 0 Å². The van der Waals surface area contributed by atoms with E-state index in [0.29, 0.717) is 70.3 Å². The zero-order valence-corrected chi connectivity index (χ0v) is 23.4. The van der Waals surface area contributed by atoms with Crippen LogP contribution >= 0.6 is 23.2 Å². The molecule has 1 aliphatic heterocycles. The Bertz CT molecular complexity index is 1720. The molecule has 5 aromatic rings. The normalized spacial score (nSPS) is 13.7. The molecular formula is C32H25Cl2N3O4. The van der Waals surface area contributed by atoms with Gasteiger partial charge in [-0.05, 0) is 66.7 Å². The summed E-state index contributed by atoms with van der Waals surface area (Å²) in [5.41, 5.74) is 3.10. The first-order valence-corrected chi connectivity index (χ1v) is 13.9. The third-order valence-electron chi connectivity index (χ3n) is 6.95. The summed E-state index contributed by atoms with van der Waals surface area (Å²) >= 11 is 12.4. The lowest BCUT2D eigenvalue weighted by molar-refractivity contribution is -0.111. The van der Waals surface area contributed by atoms with E-state index in [1.165, 1.54) is 6.08 Å². The van der Waals surface area contributed by atoms with E-state index in [2.05, 4.69) is 10.2 Å². The topological polar surface area (TPSA) is 78.9 Å². The van der Waals surface area contributed by atoms with E-state index < -0.39 is 0 Å². The number of hydrogen-bond acceptors (Lipinski definition) is 5. The van der Waals surface area contributed by atoms with E-state index in [4.69, 9.17) is 32.0 Å². The molecule has 3 heterocycles. The third kappa shape index (κ3) is 5.87. The van der Waals surface area contributed by atoms with E-state index in [1.807, 2.05) is 59.5 Å². The molecule has 0 saturated carbocycles. The monoisotopic (exact) mass is 585 g/mol. The number of anilines is 2. The number of hydrogen-bond donors (Lipinski definition) is 1. The van der Waals surface area contributed by atoms with Crippen molar-refractivity contribution in [2.45, 2.75) is 0 Å². The van der Waals surface area contributed by atoms with Gasteiger partial charge in [-0.15, -0.1) is 0 Å².